The molecule has 0 unspecified atom stereocenters. The number of aromatic nitrogens is 3. The van der Waals surface area contributed by atoms with Gasteiger partial charge in [-0.1, -0.05) is 0 Å². The van der Waals surface area contributed by atoms with Gasteiger partial charge in [0.1, 0.15) is 5.75 Å². The summed E-state index contributed by atoms with van der Waals surface area (Å²) in [7, 11) is 0. The summed E-state index contributed by atoms with van der Waals surface area (Å²) < 4.78 is 31.3. The minimum Gasteiger partial charge on any atom is -0.435 e. The molecule has 0 spiro atoms. The molecule has 0 saturated carbocycles. The first-order valence-corrected chi connectivity index (χ1v) is 9.58. The number of thiazole rings is 1. The van der Waals surface area contributed by atoms with Crippen LogP contribution in [0.3, 0.4) is 0 Å². The van der Waals surface area contributed by atoms with E-state index in [1.54, 1.807) is 22.2 Å². The first-order valence-electron chi connectivity index (χ1n) is 7.91. The van der Waals surface area contributed by atoms with Gasteiger partial charge in [0.15, 0.2) is 5.13 Å². The van der Waals surface area contributed by atoms with Gasteiger partial charge >= 0.3 is 6.61 Å². The number of nitrogens with one attached hydrogen (secondary N) is 1. The minimum absolute atomic E-state index is 0.0815. The lowest BCUT2D eigenvalue weighted by Gasteiger charge is -2.04. The van der Waals surface area contributed by atoms with Crippen molar-refractivity contribution < 1.29 is 18.3 Å². The number of amides is 1. The van der Waals surface area contributed by atoms with Gasteiger partial charge in [-0.25, -0.2) is 4.98 Å². The van der Waals surface area contributed by atoms with Gasteiger partial charge in [0.2, 0.25) is 5.91 Å². The highest BCUT2D eigenvalue weighted by atomic mass is 79.9. The Hall–Kier alpha value is -2.33. The highest BCUT2D eigenvalue weighted by Crippen LogP contribution is 2.27. The van der Waals surface area contributed by atoms with Crippen LogP contribution in [-0.2, 0) is 11.3 Å². The molecule has 0 aliphatic carbocycles. The van der Waals surface area contributed by atoms with E-state index in [1.165, 1.54) is 23.5 Å². The van der Waals surface area contributed by atoms with Crippen LogP contribution in [0.25, 0.3) is 11.3 Å². The molecule has 27 heavy (non-hydrogen) atoms. The lowest BCUT2D eigenvalue weighted by atomic mass is 10.2. The van der Waals surface area contributed by atoms with Crippen LogP contribution in [0.15, 0.2) is 40.3 Å². The third-order valence-electron chi connectivity index (χ3n) is 3.58. The predicted octanol–water partition coefficient (Wildman–Crippen LogP) is 4.71. The van der Waals surface area contributed by atoms with Gasteiger partial charge in [-0.05, 0) is 47.1 Å². The largest absolute Gasteiger partial charge is 0.435 e. The standard InChI is InChI=1S/C17H15BrF2N4O2S/c1-10-13(18)8-24(23-10)7-6-15(25)22-17-21-14(9-27-17)11-2-4-12(5-3-11)26-16(19)20/h2-5,8-9,16H,6-7H2,1H3,(H,21,22,25). The Morgan fingerprint density at radius 2 is 2.11 bits per heavy atom. The lowest BCUT2D eigenvalue weighted by molar-refractivity contribution is -0.116. The normalized spacial score (nSPS) is 11.0. The average molecular weight is 457 g/mol. The third-order valence-corrected chi connectivity index (χ3v) is 5.12. The number of carbonyl (C=O) groups excluding carboxylic acids is 1. The van der Waals surface area contributed by atoms with Gasteiger partial charge in [-0.3, -0.25) is 9.48 Å². The van der Waals surface area contributed by atoms with E-state index in [4.69, 9.17) is 0 Å². The number of hydrogen-bond donors (Lipinski definition) is 1. The van der Waals surface area contributed by atoms with Crippen molar-refractivity contribution in [2.45, 2.75) is 26.5 Å². The molecule has 0 fully saturated rings. The van der Waals surface area contributed by atoms with Gasteiger partial charge < -0.3 is 10.1 Å². The highest BCUT2D eigenvalue weighted by Gasteiger charge is 2.10. The maximum absolute atomic E-state index is 12.2. The molecule has 10 heteroatoms. The molecule has 2 heterocycles. The second-order valence-corrected chi connectivity index (χ2v) is 7.28. The molecule has 0 aliphatic heterocycles. The number of rotatable bonds is 7. The molecule has 0 bridgehead atoms. The van der Waals surface area contributed by atoms with Gasteiger partial charge in [0, 0.05) is 30.1 Å². The van der Waals surface area contributed by atoms with E-state index in [-0.39, 0.29) is 18.1 Å². The number of anilines is 1. The zero-order chi connectivity index (χ0) is 19.4. The monoisotopic (exact) mass is 456 g/mol. The Kier molecular flexibility index (Phi) is 6.17. The van der Waals surface area contributed by atoms with Crippen LogP contribution >= 0.6 is 27.3 Å². The molecule has 3 rings (SSSR count). The summed E-state index contributed by atoms with van der Waals surface area (Å²) >= 11 is 4.67. The molecule has 0 atom stereocenters. The van der Waals surface area contributed by atoms with Crippen LogP contribution in [0, 0.1) is 6.92 Å². The van der Waals surface area contributed by atoms with Crippen LogP contribution in [-0.4, -0.2) is 27.3 Å². The molecule has 6 nitrogen and oxygen atoms in total. The second kappa shape index (κ2) is 8.57. The van der Waals surface area contributed by atoms with Crippen molar-refractivity contribution in [3.8, 4) is 17.0 Å². The van der Waals surface area contributed by atoms with E-state index >= 15 is 0 Å². The number of halogens is 3. The Morgan fingerprint density at radius 3 is 2.74 bits per heavy atom. The number of alkyl halides is 2. The van der Waals surface area contributed by atoms with Gasteiger partial charge in [-0.15, -0.1) is 11.3 Å². The Bertz CT molecular complexity index is 908. The van der Waals surface area contributed by atoms with Crippen molar-refractivity contribution in [2.75, 3.05) is 5.32 Å². The highest BCUT2D eigenvalue weighted by molar-refractivity contribution is 9.10. The van der Waals surface area contributed by atoms with Crippen LogP contribution < -0.4 is 10.1 Å². The number of carbonyl (C=O) groups is 1. The summed E-state index contributed by atoms with van der Waals surface area (Å²) in [6.45, 7) is -0.518. The van der Waals surface area contributed by atoms with Crippen molar-refractivity contribution in [2.24, 2.45) is 0 Å². The SMILES string of the molecule is Cc1nn(CCC(=O)Nc2nc(-c3ccc(OC(F)F)cc3)cs2)cc1Br. The molecule has 142 valence electrons. The lowest BCUT2D eigenvalue weighted by Crippen LogP contribution is -2.14. The summed E-state index contributed by atoms with van der Waals surface area (Å²) in [6, 6.07) is 6.17. The van der Waals surface area contributed by atoms with Crippen molar-refractivity contribution in [1.29, 1.82) is 0 Å². The maximum Gasteiger partial charge on any atom is 0.387 e. The van der Waals surface area contributed by atoms with Crippen LogP contribution in [0.2, 0.25) is 0 Å². The van der Waals surface area contributed by atoms with Crippen molar-refractivity contribution in [3.63, 3.8) is 0 Å². The molecule has 1 aromatic carbocycles. The molecule has 0 aliphatic rings. The van der Waals surface area contributed by atoms with Crippen LogP contribution in [0.5, 0.6) is 5.75 Å². The van der Waals surface area contributed by atoms with E-state index in [1.807, 2.05) is 13.1 Å². The molecule has 3 aromatic rings. The van der Waals surface area contributed by atoms with E-state index in [0.29, 0.717) is 17.4 Å². The Morgan fingerprint density at radius 1 is 1.37 bits per heavy atom. The molecule has 0 saturated heterocycles. The number of ether oxygens (including phenoxy) is 1. The fraction of sp³-hybridized carbons (Fsp3) is 0.235. The van der Waals surface area contributed by atoms with Crippen molar-refractivity contribution >= 4 is 38.3 Å². The van der Waals surface area contributed by atoms with E-state index in [0.717, 1.165) is 15.7 Å². The molecule has 0 radical (unpaired) electrons. The topological polar surface area (TPSA) is 69.0 Å². The summed E-state index contributed by atoms with van der Waals surface area (Å²) in [5.41, 5.74) is 2.25. The maximum atomic E-state index is 12.2. The van der Waals surface area contributed by atoms with Gasteiger partial charge in [0.25, 0.3) is 0 Å². The second-order valence-electron chi connectivity index (χ2n) is 5.56. The zero-order valence-electron chi connectivity index (χ0n) is 14.2. The number of benzene rings is 1. The molecule has 1 amide bonds. The molecule has 2 aromatic heterocycles. The number of aryl methyl sites for hydroxylation is 2. The molecular weight excluding hydrogens is 442 g/mol. The fourth-order valence-corrected chi connectivity index (χ4v) is 3.33. The third kappa shape index (κ3) is 5.33. The Labute approximate surface area is 166 Å². The van der Waals surface area contributed by atoms with Crippen LogP contribution in [0.1, 0.15) is 12.1 Å². The average Bonchev–Trinajstić information content (AvgIpc) is 3.20. The summed E-state index contributed by atoms with van der Waals surface area (Å²) in [4.78, 5) is 16.4. The first kappa shape index (κ1) is 19.4. The number of hydrogen-bond acceptors (Lipinski definition) is 5. The van der Waals surface area contributed by atoms with E-state index in [9.17, 15) is 13.6 Å². The fourth-order valence-electron chi connectivity index (χ4n) is 2.28. The minimum atomic E-state index is -2.86. The van der Waals surface area contributed by atoms with E-state index < -0.39 is 6.61 Å². The Balaban J connectivity index is 1.56. The molecular formula is C17H15BrF2N4O2S. The zero-order valence-corrected chi connectivity index (χ0v) is 16.6. The molecule has 1 N–H and O–H groups in total. The number of nitrogens with zero attached hydrogens (tertiary/aromatic N) is 3. The van der Waals surface area contributed by atoms with Crippen molar-refractivity contribution in [3.05, 3.63) is 46.0 Å². The quantitative estimate of drug-likeness (QED) is 0.558. The summed E-state index contributed by atoms with van der Waals surface area (Å²) in [5.74, 6) is -0.0844. The first-order chi connectivity index (χ1) is 12.9. The van der Waals surface area contributed by atoms with Crippen molar-refractivity contribution in [1.82, 2.24) is 14.8 Å². The van der Waals surface area contributed by atoms with Gasteiger partial charge in [0.05, 0.1) is 15.9 Å². The van der Waals surface area contributed by atoms with Gasteiger partial charge in [-0.2, -0.15) is 13.9 Å². The van der Waals surface area contributed by atoms with Crippen LogP contribution in [0.4, 0.5) is 13.9 Å². The predicted molar refractivity (Wildman–Crippen MR) is 102 cm³/mol. The summed E-state index contributed by atoms with van der Waals surface area (Å²) in [6.07, 6.45) is 2.09. The van der Waals surface area contributed by atoms with E-state index in [2.05, 4.69) is 36.1 Å². The smallest absolute Gasteiger partial charge is 0.387 e. The summed E-state index contributed by atoms with van der Waals surface area (Å²) in [5, 5.41) is 9.29.